The third-order valence-electron chi connectivity index (χ3n) is 4.35. The van der Waals surface area contributed by atoms with Gasteiger partial charge in [-0.25, -0.2) is 0 Å². The Bertz CT molecular complexity index is 598. The van der Waals surface area contributed by atoms with Crippen LogP contribution in [0.25, 0.3) is 0 Å². The molecule has 144 valence electrons. The molecule has 1 saturated heterocycles. The van der Waals surface area contributed by atoms with Crippen molar-refractivity contribution < 1.29 is 23.9 Å². The molecule has 26 heavy (non-hydrogen) atoms. The van der Waals surface area contributed by atoms with Crippen LogP contribution < -0.4 is 15.9 Å². The summed E-state index contributed by atoms with van der Waals surface area (Å²) < 4.78 is 0. The standard InChI is InChI=1S/C18H22NOP.2C2H6.W/c20-18(17-12-7-13-19-17)14-21(15-8-3-1-4-9-15)16-10-5-2-6-11-16;2*1-2;/h1-6,8-11,17-20H,7,12-14H2;2*1-2H3;/t17-,18+;;;/m0.../s1. The van der Waals surface area contributed by atoms with E-state index in [2.05, 4.69) is 66.0 Å². The SMILES string of the molecule is CC.CC.O[C@H](C[P](=[W])(c1ccccc1)c1ccccc1)[C@@H]1CCCN1. The first-order valence-corrected chi connectivity index (χ1v) is 15.6. The summed E-state index contributed by atoms with van der Waals surface area (Å²) in [5.74, 6) is 0. The van der Waals surface area contributed by atoms with Crippen molar-refractivity contribution in [2.45, 2.75) is 52.7 Å². The van der Waals surface area contributed by atoms with E-state index < -0.39 is 4.90 Å². The van der Waals surface area contributed by atoms with E-state index >= 15 is 0 Å². The van der Waals surface area contributed by atoms with Crippen LogP contribution in [-0.4, -0.2) is 30.0 Å². The molecule has 2 atom stereocenters. The van der Waals surface area contributed by atoms with Crippen molar-refractivity contribution in [3.05, 3.63) is 60.7 Å². The van der Waals surface area contributed by atoms with Crippen LogP contribution in [0.5, 0.6) is 0 Å². The zero-order chi connectivity index (χ0) is 19.4. The van der Waals surface area contributed by atoms with Crippen molar-refractivity contribution in [3.8, 4) is 0 Å². The summed E-state index contributed by atoms with van der Waals surface area (Å²) >= 11 is 1.59. The number of aliphatic hydroxyl groups is 1. The molecule has 0 aliphatic carbocycles. The molecule has 1 fully saturated rings. The number of hydrogen-bond acceptors (Lipinski definition) is 2. The van der Waals surface area contributed by atoms with E-state index in [4.69, 9.17) is 0 Å². The third-order valence-corrected chi connectivity index (χ3v) is 13.7. The Morgan fingerprint density at radius 1 is 0.962 bits per heavy atom. The molecule has 0 saturated carbocycles. The van der Waals surface area contributed by atoms with Gasteiger partial charge in [-0.05, 0) is 0 Å². The van der Waals surface area contributed by atoms with Crippen LogP contribution in [0.4, 0.5) is 0 Å². The molecule has 0 unspecified atom stereocenters. The second-order valence-electron chi connectivity index (χ2n) is 5.86. The fraction of sp³-hybridized carbons (Fsp3) is 0.455. The normalized spacial score (nSPS) is 17.3. The molecule has 0 radical (unpaired) electrons. The first-order chi connectivity index (χ1) is 12.7. The topological polar surface area (TPSA) is 32.3 Å². The molecule has 1 aliphatic rings. The maximum absolute atomic E-state index is 10.8. The van der Waals surface area contributed by atoms with E-state index in [1.165, 1.54) is 17.0 Å². The zero-order valence-electron chi connectivity index (χ0n) is 16.6. The van der Waals surface area contributed by atoms with Crippen molar-refractivity contribution in [3.63, 3.8) is 0 Å². The van der Waals surface area contributed by atoms with Crippen molar-refractivity contribution in [1.82, 2.24) is 5.32 Å². The minimum absolute atomic E-state index is 0.256. The van der Waals surface area contributed by atoms with Gasteiger partial charge in [0.1, 0.15) is 0 Å². The summed E-state index contributed by atoms with van der Waals surface area (Å²) in [6.07, 6.45) is 2.91. The Morgan fingerprint density at radius 2 is 1.42 bits per heavy atom. The van der Waals surface area contributed by atoms with E-state index in [1.807, 2.05) is 27.7 Å². The quantitative estimate of drug-likeness (QED) is 0.553. The maximum atomic E-state index is 10.8. The summed E-state index contributed by atoms with van der Waals surface area (Å²) in [5.41, 5.74) is 0. The molecule has 0 amide bonds. The second-order valence-corrected chi connectivity index (χ2v) is 15.5. The van der Waals surface area contributed by atoms with Gasteiger partial charge in [-0.2, -0.15) is 0 Å². The fourth-order valence-corrected chi connectivity index (χ4v) is 10.2. The molecular formula is C22H34NOPW. The molecule has 0 aromatic heterocycles. The van der Waals surface area contributed by atoms with Gasteiger partial charge in [0.15, 0.2) is 0 Å². The first-order valence-electron chi connectivity index (χ1n) is 9.82. The predicted molar refractivity (Wildman–Crippen MR) is 114 cm³/mol. The van der Waals surface area contributed by atoms with Gasteiger partial charge in [0.25, 0.3) is 0 Å². The average molecular weight is 543 g/mol. The van der Waals surface area contributed by atoms with Gasteiger partial charge in [0.05, 0.1) is 0 Å². The Hall–Kier alpha value is -0.522. The predicted octanol–water partition coefficient (Wildman–Crippen LogP) is 4.28. The van der Waals surface area contributed by atoms with Crippen LogP contribution in [0.1, 0.15) is 40.5 Å². The van der Waals surface area contributed by atoms with E-state index in [1.54, 1.807) is 18.8 Å². The van der Waals surface area contributed by atoms with Crippen LogP contribution in [-0.2, 0) is 18.8 Å². The average Bonchev–Trinajstić information content (AvgIpc) is 3.27. The van der Waals surface area contributed by atoms with Gasteiger partial charge in [-0.1, -0.05) is 27.7 Å². The zero-order valence-corrected chi connectivity index (χ0v) is 20.4. The summed E-state index contributed by atoms with van der Waals surface area (Å²) in [6, 6.07) is 21.9. The molecule has 0 bridgehead atoms. The van der Waals surface area contributed by atoms with Gasteiger partial charge in [-0.15, -0.1) is 0 Å². The van der Waals surface area contributed by atoms with Crippen LogP contribution in [0.15, 0.2) is 60.7 Å². The van der Waals surface area contributed by atoms with Crippen molar-refractivity contribution >= 4 is 15.5 Å². The van der Waals surface area contributed by atoms with Crippen LogP contribution >= 0.6 is 4.90 Å². The Labute approximate surface area is 170 Å². The third kappa shape index (κ3) is 6.28. The van der Waals surface area contributed by atoms with E-state index in [9.17, 15) is 5.11 Å². The van der Waals surface area contributed by atoms with Crippen LogP contribution in [0, 0.1) is 0 Å². The van der Waals surface area contributed by atoms with Gasteiger partial charge in [0.2, 0.25) is 0 Å². The molecule has 2 nitrogen and oxygen atoms in total. The molecular weight excluding hydrogens is 509 g/mol. The van der Waals surface area contributed by atoms with E-state index in [-0.39, 0.29) is 12.1 Å². The Kier molecular flexibility index (Phi) is 11.6. The monoisotopic (exact) mass is 543 g/mol. The molecule has 2 aromatic rings. The first kappa shape index (κ1) is 23.5. The minimum atomic E-state index is -1.49. The summed E-state index contributed by atoms with van der Waals surface area (Å²) in [4.78, 5) is -1.49. The van der Waals surface area contributed by atoms with Crippen molar-refractivity contribution in [2.75, 3.05) is 12.7 Å². The molecule has 2 aromatic carbocycles. The van der Waals surface area contributed by atoms with Gasteiger partial charge in [0, 0.05) is 0 Å². The van der Waals surface area contributed by atoms with Crippen LogP contribution in [0.3, 0.4) is 0 Å². The second kappa shape index (κ2) is 12.8. The molecule has 4 heteroatoms. The fourth-order valence-electron chi connectivity index (χ4n) is 3.13. The number of rotatable bonds is 5. The Morgan fingerprint density at radius 3 is 1.81 bits per heavy atom. The summed E-state index contributed by atoms with van der Waals surface area (Å²) in [7, 11) is 0. The van der Waals surface area contributed by atoms with Gasteiger partial charge < -0.3 is 0 Å². The molecule has 1 heterocycles. The van der Waals surface area contributed by atoms with Gasteiger partial charge >= 0.3 is 143 Å². The van der Waals surface area contributed by atoms with E-state index in [0.717, 1.165) is 19.1 Å². The van der Waals surface area contributed by atoms with Crippen molar-refractivity contribution in [2.24, 2.45) is 0 Å². The molecule has 2 N–H and O–H groups in total. The summed E-state index contributed by atoms with van der Waals surface area (Å²) in [5, 5.41) is 17.1. The number of aliphatic hydroxyl groups excluding tert-OH is 1. The molecule has 1 aliphatic heterocycles. The van der Waals surface area contributed by atoms with Crippen LogP contribution in [0.2, 0.25) is 0 Å². The number of benzene rings is 2. The van der Waals surface area contributed by atoms with Gasteiger partial charge in [-0.3, -0.25) is 0 Å². The molecule has 0 spiro atoms. The Balaban J connectivity index is 0.000000791. The van der Waals surface area contributed by atoms with Crippen molar-refractivity contribution in [1.29, 1.82) is 0 Å². The summed E-state index contributed by atoms with van der Waals surface area (Å²) in [6.45, 7) is 9.04. The number of nitrogens with one attached hydrogen (secondary N) is 1. The molecule has 3 rings (SSSR count). The number of hydrogen-bond donors (Lipinski definition) is 2. The van der Waals surface area contributed by atoms with E-state index in [0.29, 0.717) is 0 Å².